The van der Waals surface area contributed by atoms with E-state index in [1.807, 2.05) is 60.1 Å². The highest BCUT2D eigenvalue weighted by molar-refractivity contribution is 6.02. The van der Waals surface area contributed by atoms with Gasteiger partial charge in [0.2, 0.25) is 5.75 Å². The minimum atomic E-state index is -0.410. The van der Waals surface area contributed by atoms with E-state index in [0.29, 0.717) is 28.6 Å². The molecule has 0 unspecified atom stereocenters. The van der Waals surface area contributed by atoms with Crippen molar-refractivity contribution in [3.63, 3.8) is 0 Å². The van der Waals surface area contributed by atoms with E-state index in [1.165, 1.54) is 21.3 Å². The Morgan fingerprint density at radius 2 is 1.66 bits per heavy atom. The van der Waals surface area contributed by atoms with Crippen molar-refractivity contribution < 1.29 is 19.0 Å². The van der Waals surface area contributed by atoms with Crippen LogP contribution >= 0.6 is 0 Å². The molecule has 0 saturated heterocycles. The van der Waals surface area contributed by atoms with Gasteiger partial charge >= 0.3 is 6.03 Å². The van der Waals surface area contributed by atoms with Crippen LogP contribution in [0.5, 0.6) is 17.2 Å². The molecule has 32 heavy (non-hydrogen) atoms. The van der Waals surface area contributed by atoms with Gasteiger partial charge in [0, 0.05) is 30.1 Å². The van der Waals surface area contributed by atoms with Crippen LogP contribution in [0.15, 0.2) is 60.9 Å². The van der Waals surface area contributed by atoms with Gasteiger partial charge in [-0.25, -0.2) is 9.78 Å². The van der Waals surface area contributed by atoms with Crippen LogP contribution < -0.4 is 24.8 Å². The second-order valence-electron chi connectivity index (χ2n) is 7.09. The molecule has 4 aromatic rings. The SMILES string of the molecule is COc1cc(NC(=O)Nc2ccccc2-c2cn3cccc(C)c3n2)cc(OC)c1OC. The minimum absolute atomic E-state index is 0.410. The quantitative estimate of drug-likeness (QED) is 0.449. The number of rotatable bonds is 6. The topological polar surface area (TPSA) is 86.1 Å². The number of methoxy groups -OCH3 is 3. The molecule has 2 aromatic carbocycles. The summed E-state index contributed by atoms with van der Waals surface area (Å²) < 4.78 is 18.0. The summed E-state index contributed by atoms with van der Waals surface area (Å²) in [6.07, 6.45) is 3.89. The van der Waals surface area contributed by atoms with Crippen molar-refractivity contribution >= 4 is 23.1 Å². The van der Waals surface area contributed by atoms with Crippen molar-refractivity contribution in [2.24, 2.45) is 0 Å². The molecule has 2 heterocycles. The third-order valence-corrected chi connectivity index (χ3v) is 5.05. The fraction of sp³-hybridized carbons (Fsp3) is 0.167. The maximum atomic E-state index is 12.8. The van der Waals surface area contributed by atoms with E-state index < -0.39 is 6.03 Å². The Labute approximate surface area is 185 Å². The molecule has 0 atom stereocenters. The molecule has 2 aromatic heterocycles. The summed E-state index contributed by atoms with van der Waals surface area (Å²) >= 11 is 0. The fourth-order valence-corrected chi connectivity index (χ4v) is 3.54. The lowest BCUT2D eigenvalue weighted by Gasteiger charge is -2.15. The summed E-state index contributed by atoms with van der Waals surface area (Å²) in [6, 6.07) is 14.4. The van der Waals surface area contributed by atoms with Crippen LogP contribution in [0.4, 0.5) is 16.2 Å². The third-order valence-electron chi connectivity index (χ3n) is 5.05. The number of carbonyl (C=O) groups is 1. The molecule has 2 N–H and O–H groups in total. The fourth-order valence-electron chi connectivity index (χ4n) is 3.54. The first-order valence-corrected chi connectivity index (χ1v) is 9.95. The van der Waals surface area contributed by atoms with E-state index in [2.05, 4.69) is 10.6 Å². The van der Waals surface area contributed by atoms with Crippen molar-refractivity contribution in [1.82, 2.24) is 9.38 Å². The second kappa shape index (κ2) is 8.89. The molecular formula is C24H24N4O4. The zero-order chi connectivity index (χ0) is 22.7. The largest absolute Gasteiger partial charge is 0.493 e. The second-order valence-corrected chi connectivity index (χ2v) is 7.09. The van der Waals surface area contributed by atoms with Crippen LogP contribution in [0, 0.1) is 6.92 Å². The maximum Gasteiger partial charge on any atom is 0.323 e. The first kappa shape index (κ1) is 21.0. The highest BCUT2D eigenvalue weighted by atomic mass is 16.5. The van der Waals surface area contributed by atoms with Gasteiger partial charge in [-0.15, -0.1) is 0 Å². The Morgan fingerprint density at radius 1 is 0.938 bits per heavy atom. The van der Waals surface area contributed by atoms with Gasteiger partial charge in [0.1, 0.15) is 5.65 Å². The molecule has 8 nitrogen and oxygen atoms in total. The van der Waals surface area contributed by atoms with E-state index >= 15 is 0 Å². The molecule has 8 heteroatoms. The summed E-state index contributed by atoms with van der Waals surface area (Å²) in [5.41, 5.74) is 4.67. The zero-order valence-corrected chi connectivity index (χ0v) is 18.3. The summed E-state index contributed by atoms with van der Waals surface area (Å²) in [7, 11) is 4.57. The Morgan fingerprint density at radius 3 is 2.31 bits per heavy atom. The average Bonchev–Trinajstić information content (AvgIpc) is 3.24. The minimum Gasteiger partial charge on any atom is -0.493 e. The summed E-state index contributed by atoms with van der Waals surface area (Å²) in [4.78, 5) is 17.5. The van der Waals surface area contributed by atoms with Crippen molar-refractivity contribution in [1.29, 1.82) is 0 Å². The highest BCUT2D eigenvalue weighted by Crippen LogP contribution is 2.40. The molecule has 4 rings (SSSR count). The number of amides is 2. The van der Waals surface area contributed by atoms with E-state index in [0.717, 1.165) is 22.5 Å². The predicted octanol–water partition coefficient (Wildman–Crippen LogP) is 4.98. The molecule has 164 valence electrons. The van der Waals surface area contributed by atoms with E-state index in [-0.39, 0.29) is 0 Å². The molecule has 0 fully saturated rings. The van der Waals surface area contributed by atoms with Gasteiger partial charge in [0.25, 0.3) is 0 Å². The smallest absolute Gasteiger partial charge is 0.323 e. The van der Waals surface area contributed by atoms with Crippen LogP contribution in [0.3, 0.4) is 0 Å². The van der Waals surface area contributed by atoms with E-state index in [1.54, 1.807) is 12.1 Å². The van der Waals surface area contributed by atoms with Crippen molar-refractivity contribution in [3.05, 3.63) is 66.5 Å². The molecule has 0 aliphatic carbocycles. The molecular weight excluding hydrogens is 408 g/mol. The number of hydrogen-bond acceptors (Lipinski definition) is 5. The Balaban J connectivity index is 1.60. The van der Waals surface area contributed by atoms with Crippen molar-refractivity contribution in [3.8, 4) is 28.5 Å². The first-order chi connectivity index (χ1) is 15.5. The monoisotopic (exact) mass is 432 g/mol. The standard InChI is InChI=1S/C24H24N4O4/c1-15-8-7-11-28-14-19(26-23(15)28)17-9-5-6-10-18(17)27-24(29)25-16-12-20(30-2)22(32-4)21(13-16)31-3/h5-14H,1-4H3,(H2,25,27,29). The van der Waals surface area contributed by atoms with E-state index in [4.69, 9.17) is 19.2 Å². The number of benzene rings is 2. The predicted molar refractivity (Wildman–Crippen MR) is 124 cm³/mol. The Hall–Kier alpha value is -4.20. The summed E-state index contributed by atoms with van der Waals surface area (Å²) in [5, 5.41) is 5.72. The third kappa shape index (κ3) is 4.02. The van der Waals surface area contributed by atoms with Crippen LogP contribution in [-0.2, 0) is 0 Å². The average molecular weight is 432 g/mol. The van der Waals surface area contributed by atoms with Crippen LogP contribution in [-0.4, -0.2) is 36.7 Å². The number of fused-ring (bicyclic) bond motifs is 1. The van der Waals surface area contributed by atoms with Gasteiger partial charge in [-0.2, -0.15) is 0 Å². The van der Waals surface area contributed by atoms with Crippen molar-refractivity contribution in [2.75, 3.05) is 32.0 Å². The number of aryl methyl sites for hydroxylation is 1. The van der Waals surface area contributed by atoms with Gasteiger partial charge in [-0.3, -0.25) is 0 Å². The van der Waals surface area contributed by atoms with Gasteiger partial charge < -0.3 is 29.2 Å². The molecule has 0 aliphatic heterocycles. The Bertz CT molecular complexity index is 1260. The van der Waals surface area contributed by atoms with Gasteiger partial charge in [0.15, 0.2) is 11.5 Å². The summed E-state index contributed by atoms with van der Waals surface area (Å²) in [5.74, 6) is 1.35. The number of urea groups is 1. The molecule has 0 bridgehead atoms. The van der Waals surface area contributed by atoms with E-state index in [9.17, 15) is 4.79 Å². The number of hydrogen-bond donors (Lipinski definition) is 2. The molecule has 0 saturated carbocycles. The number of nitrogens with one attached hydrogen (secondary N) is 2. The zero-order valence-electron chi connectivity index (χ0n) is 18.3. The highest BCUT2D eigenvalue weighted by Gasteiger charge is 2.16. The molecule has 0 spiro atoms. The number of para-hydroxylation sites is 1. The number of anilines is 2. The van der Waals surface area contributed by atoms with Gasteiger partial charge in [0.05, 0.1) is 38.4 Å². The normalized spacial score (nSPS) is 10.6. The number of nitrogens with zero attached hydrogens (tertiary/aromatic N) is 2. The van der Waals surface area contributed by atoms with Crippen LogP contribution in [0.1, 0.15) is 5.56 Å². The maximum absolute atomic E-state index is 12.8. The number of imidazole rings is 1. The first-order valence-electron chi connectivity index (χ1n) is 9.95. The lowest BCUT2D eigenvalue weighted by Crippen LogP contribution is -2.20. The van der Waals surface area contributed by atoms with Gasteiger partial charge in [-0.05, 0) is 24.6 Å². The van der Waals surface area contributed by atoms with Crippen LogP contribution in [0.2, 0.25) is 0 Å². The van der Waals surface area contributed by atoms with Crippen molar-refractivity contribution in [2.45, 2.75) is 6.92 Å². The van der Waals surface area contributed by atoms with Crippen LogP contribution in [0.25, 0.3) is 16.9 Å². The molecule has 0 radical (unpaired) electrons. The number of carbonyl (C=O) groups excluding carboxylic acids is 1. The lowest BCUT2D eigenvalue weighted by atomic mass is 10.1. The molecule has 2 amide bonds. The lowest BCUT2D eigenvalue weighted by molar-refractivity contribution is 0.262. The number of aromatic nitrogens is 2. The van der Waals surface area contributed by atoms with Gasteiger partial charge in [-0.1, -0.05) is 24.3 Å². The number of pyridine rings is 1. The molecule has 0 aliphatic rings. The number of ether oxygens (including phenoxy) is 3. The summed E-state index contributed by atoms with van der Waals surface area (Å²) in [6.45, 7) is 2.01. The Kier molecular flexibility index (Phi) is 5.85.